The number of benzene rings is 2. The number of halogens is 2. The van der Waals surface area contributed by atoms with Crippen molar-refractivity contribution in [1.29, 1.82) is 0 Å². The van der Waals surface area contributed by atoms with Gasteiger partial charge < -0.3 is 10.6 Å². The number of nitrogens with zero attached hydrogens (tertiary/aromatic N) is 1. The summed E-state index contributed by atoms with van der Waals surface area (Å²) in [5, 5.41) is 5.47. The second kappa shape index (κ2) is 9.55. The number of para-hydroxylation sites is 1. The molecule has 1 heterocycles. The van der Waals surface area contributed by atoms with E-state index in [4.69, 9.17) is 0 Å². The van der Waals surface area contributed by atoms with Crippen LogP contribution < -0.4 is 10.6 Å². The van der Waals surface area contributed by atoms with Gasteiger partial charge in [-0.05, 0) is 43.2 Å². The Hall–Kier alpha value is -2.17. The molecule has 0 aliphatic carbocycles. The Morgan fingerprint density at radius 3 is 2.55 bits per heavy atom. The number of sulfonamides is 1. The molecule has 6 nitrogen and oxygen atoms in total. The van der Waals surface area contributed by atoms with Gasteiger partial charge in [0.25, 0.3) is 5.76 Å². The van der Waals surface area contributed by atoms with E-state index in [0.29, 0.717) is 36.2 Å². The van der Waals surface area contributed by atoms with Crippen LogP contribution in [0.25, 0.3) is 0 Å². The number of alkyl halides is 2. The highest BCUT2D eigenvalue weighted by Gasteiger charge is 2.27. The third-order valence-corrected chi connectivity index (χ3v) is 7.05. The van der Waals surface area contributed by atoms with Crippen molar-refractivity contribution in [2.45, 2.75) is 28.4 Å². The molecule has 3 rings (SSSR count). The number of rotatable bonds is 8. The van der Waals surface area contributed by atoms with Gasteiger partial charge in [0.05, 0.1) is 17.1 Å². The molecule has 0 spiro atoms. The first-order valence-corrected chi connectivity index (χ1v) is 11.4. The number of amides is 1. The van der Waals surface area contributed by atoms with Crippen LogP contribution >= 0.6 is 11.8 Å². The molecule has 1 amide bonds. The first-order valence-electron chi connectivity index (χ1n) is 9.04. The predicted molar refractivity (Wildman–Crippen MR) is 110 cm³/mol. The van der Waals surface area contributed by atoms with Crippen LogP contribution in [0.1, 0.15) is 12.8 Å². The van der Waals surface area contributed by atoms with E-state index in [-0.39, 0.29) is 16.3 Å². The fourth-order valence-electron chi connectivity index (χ4n) is 2.99. The topological polar surface area (TPSA) is 78.5 Å². The van der Waals surface area contributed by atoms with Crippen molar-refractivity contribution in [2.75, 3.05) is 30.3 Å². The SMILES string of the molecule is O=C(CNc1cccc(S(=O)(=O)N2CCCC2)c1)Nc1ccccc1SC(F)F. The molecule has 0 unspecified atom stereocenters. The van der Waals surface area contributed by atoms with Crippen molar-refractivity contribution in [2.24, 2.45) is 0 Å². The van der Waals surface area contributed by atoms with Crippen LogP contribution in [0.15, 0.2) is 58.3 Å². The summed E-state index contributed by atoms with van der Waals surface area (Å²) in [6.45, 7) is 0.887. The van der Waals surface area contributed by atoms with Gasteiger partial charge in [0.2, 0.25) is 15.9 Å². The summed E-state index contributed by atoms with van der Waals surface area (Å²) in [4.78, 5) is 12.7. The lowest BCUT2D eigenvalue weighted by atomic mass is 10.3. The maximum Gasteiger partial charge on any atom is 0.288 e. The van der Waals surface area contributed by atoms with E-state index in [1.807, 2.05) is 0 Å². The van der Waals surface area contributed by atoms with Crippen LogP contribution in [0, 0.1) is 0 Å². The zero-order chi connectivity index (χ0) is 20.9. The summed E-state index contributed by atoms with van der Waals surface area (Å²) in [6, 6.07) is 12.6. The molecule has 1 aliphatic heterocycles. The Bertz CT molecular complexity index is 965. The van der Waals surface area contributed by atoms with E-state index < -0.39 is 21.7 Å². The smallest absolute Gasteiger partial charge is 0.288 e. The molecule has 0 atom stereocenters. The van der Waals surface area contributed by atoms with Gasteiger partial charge >= 0.3 is 0 Å². The van der Waals surface area contributed by atoms with E-state index in [9.17, 15) is 22.0 Å². The molecule has 29 heavy (non-hydrogen) atoms. The van der Waals surface area contributed by atoms with Crippen molar-refractivity contribution in [3.8, 4) is 0 Å². The molecule has 0 saturated carbocycles. The summed E-state index contributed by atoms with van der Waals surface area (Å²) >= 11 is 0.358. The molecular formula is C19H21F2N3O3S2. The minimum Gasteiger partial charge on any atom is -0.376 e. The molecular weight excluding hydrogens is 420 g/mol. The minimum atomic E-state index is -3.55. The Morgan fingerprint density at radius 2 is 1.83 bits per heavy atom. The van der Waals surface area contributed by atoms with E-state index in [1.165, 1.54) is 22.5 Å². The van der Waals surface area contributed by atoms with Gasteiger partial charge in [0, 0.05) is 23.7 Å². The van der Waals surface area contributed by atoms with Crippen molar-refractivity contribution < 1.29 is 22.0 Å². The summed E-state index contributed by atoms with van der Waals surface area (Å²) in [5.41, 5.74) is 0.783. The maximum absolute atomic E-state index is 12.6. The normalized spacial score (nSPS) is 14.9. The molecule has 1 saturated heterocycles. The number of carbonyl (C=O) groups excluding carboxylic acids is 1. The first-order chi connectivity index (χ1) is 13.9. The summed E-state index contributed by atoms with van der Waals surface area (Å²) in [6.07, 6.45) is 1.70. The fraction of sp³-hybridized carbons (Fsp3) is 0.316. The van der Waals surface area contributed by atoms with Crippen LogP contribution in [0.2, 0.25) is 0 Å². The van der Waals surface area contributed by atoms with E-state index in [0.717, 1.165) is 12.8 Å². The number of nitrogens with one attached hydrogen (secondary N) is 2. The predicted octanol–water partition coefficient (Wildman–Crippen LogP) is 3.84. The van der Waals surface area contributed by atoms with Crippen LogP contribution in [-0.2, 0) is 14.8 Å². The number of carbonyl (C=O) groups is 1. The zero-order valence-electron chi connectivity index (χ0n) is 15.5. The Morgan fingerprint density at radius 1 is 1.10 bits per heavy atom. The molecule has 1 aliphatic rings. The van der Waals surface area contributed by atoms with Gasteiger partial charge in [-0.25, -0.2) is 8.42 Å². The van der Waals surface area contributed by atoms with Gasteiger partial charge in [-0.2, -0.15) is 13.1 Å². The third kappa shape index (κ3) is 5.68. The molecule has 0 bridgehead atoms. The van der Waals surface area contributed by atoms with Crippen molar-refractivity contribution in [1.82, 2.24) is 4.31 Å². The molecule has 0 aromatic heterocycles. The van der Waals surface area contributed by atoms with Crippen LogP contribution in [0.5, 0.6) is 0 Å². The van der Waals surface area contributed by atoms with Gasteiger partial charge in [-0.3, -0.25) is 4.79 Å². The second-order valence-electron chi connectivity index (χ2n) is 6.42. The van der Waals surface area contributed by atoms with Gasteiger partial charge in [0.1, 0.15) is 0 Å². The van der Waals surface area contributed by atoms with Crippen LogP contribution in [0.3, 0.4) is 0 Å². The van der Waals surface area contributed by atoms with Gasteiger partial charge in [-0.15, -0.1) is 0 Å². The summed E-state index contributed by atoms with van der Waals surface area (Å²) < 4.78 is 52.0. The fourth-order valence-corrected chi connectivity index (χ4v) is 5.15. The molecule has 2 aromatic carbocycles. The molecule has 156 valence electrons. The minimum absolute atomic E-state index is 0.138. The average Bonchev–Trinajstić information content (AvgIpc) is 3.23. The molecule has 2 aromatic rings. The zero-order valence-corrected chi connectivity index (χ0v) is 17.1. The number of hydrogen-bond acceptors (Lipinski definition) is 5. The number of thioether (sulfide) groups is 1. The van der Waals surface area contributed by atoms with Crippen LogP contribution in [-0.4, -0.2) is 44.0 Å². The van der Waals surface area contributed by atoms with E-state index in [2.05, 4.69) is 10.6 Å². The van der Waals surface area contributed by atoms with Crippen molar-refractivity contribution in [3.05, 3.63) is 48.5 Å². The third-order valence-electron chi connectivity index (χ3n) is 4.37. The van der Waals surface area contributed by atoms with Gasteiger partial charge in [0.15, 0.2) is 0 Å². The molecule has 1 fully saturated rings. The van der Waals surface area contributed by atoms with E-state index in [1.54, 1.807) is 30.3 Å². The summed E-state index contributed by atoms with van der Waals surface area (Å²) in [5.74, 6) is -3.02. The first kappa shape index (κ1) is 21.5. The Labute approximate surface area is 172 Å². The monoisotopic (exact) mass is 441 g/mol. The lowest BCUT2D eigenvalue weighted by Crippen LogP contribution is -2.28. The van der Waals surface area contributed by atoms with Crippen molar-refractivity contribution in [3.63, 3.8) is 0 Å². The number of anilines is 2. The maximum atomic E-state index is 12.6. The molecule has 10 heteroatoms. The highest BCUT2D eigenvalue weighted by molar-refractivity contribution is 7.99. The quantitative estimate of drug-likeness (QED) is 0.609. The van der Waals surface area contributed by atoms with Crippen molar-refractivity contribution >= 4 is 39.1 Å². The lowest BCUT2D eigenvalue weighted by molar-refractivity contribution is -0.114. The Kier molecular flexibility index (Phi) is 7.09. The lowest BCUT2D eigenvalue weighted by Gasteiger charge is -2.16. The standard InChI is InChI=1S/C19H21F2N3O3S2/c20-19(21)28-17-9-2-1-8-16(17)23-18(25)13-22-14-6-5-7-15(12-14)29(26,27)24-10-3-4-11-24/h1-2,5-9,12,19,22H,3-4,10-11,13H2,(H,23,25). The molecule has 2 N–H and O–H groups in total. The highest BCUT2D eigenvalue weighted by atomic mass is 32.2. The summed E-state index contributed by atoms with van der Waals surface area (Å²) in [7, 11) is -3.55. The average molecular weight is 442 g/mol. The second-order valence-corrected chi connectivity index (χ2v) is 9.39. The largest absolute Gasteiger partial charge is 0.376 e. The van der Waals surface area contributed by atoms with E-state index >= 15 is 0 Å². The highest BCUT2D eigenvalue weighted by Crippen LogP contribution is 2.31. The Balaban J connectivity index is 1.63. The van der Waals surface area contributed by atoms with Gasteiger partial charge in [-0.1, -0.05) is 30.0 Å². The molecule has 0 radical (unpaired) electrons. The number of hydrogen-bond donors (Lipinski definition) is 2. The van der Waals surface area contributed by atoms with Crippen LogP contribution in [0.4, 0.5) is 20.2 Å².